The Labute approximate surface area is 129 Å². The van der Waals surface area contributed by atoms with Crippen LogP contribution in [0.15, 0.2) is 28.9 Å². The fourth-order valence-corrected chi connectivity index (χ4v) is 2.85. The number of carbonyl (C=O) groups is 1. The number of furan rings is 1. The molecule has 1 aliphatic heterocycles. The van der Waals surface area contributed by atoms with Gasteiger partial charge in [0.05, 0.1) is 18.3 Å². The third-order valence-corrected chi connectivity index (χ3v) is 4.19. The zero-order chi connectivity index (χ0) is 15.4. The third-order valence-electron chi connectivity index (χ3n) is 4.19. The van der Waals surface area contributed by atoms with E-state index < -0.39 is 0 Å². The second kappa shape index (κ2) is 6.79. The minimum absolute atomic E-state index is 0.0535. The van der Waals surface area contributed by atoms with Gasteiger partial charge in [0.15, 0.2) is 0 Å². The molecule has 2 aromatic heterocycles. The first-order valence-electron chi connectivity index (χ1n) is 7.75. The number of H-pyrrole nitrogens is 1. The summed E-state index contributed by atoms with van der Waals surface area (Å²) in [5.74, 6) is 2.49. The van der Waals surface area contributed by atoms with Crippen LogP contribution in [0, 0.1) is 12.8 Å². The maximum Gasteiger partial charge on any atom is 0.254 e. The average Bonchev–Trinajstić information content (AvgIpc) is 3.18. The van der Waals surface area contributed by atoms with E-state index in [0.29, 0.717) is 11.5 Å². The first-order valence-corrected chi connectivity index (χ1v) is 7.75. The van der Waals surface area contributed by atoms with E-state index in [2.05, 4.69) is 20.4 Å². The zero-order valence-corrected chi connectivity index (χ0v) is 12.8. The minimum Gasteiger partial charge on any atom is -0.465 e. The Hall–Kier alpha value is -2.08. The molecule has 0 unspecified atom stereocenters. The average molecular weight is 302 g/mol. The third kappa shape index (κ3) is 3.76. The highest BCUT2D eigenvalue weighted by molar-refractivity contribution is 5.93. The summed E-state index contributed by atoms with van der Waals surface area (Å²) in [4.78, 5) is 14.3. The quantitative estimate of drug-likeness (QED) is 0.885. The Kier molecular flexibility index (Phi) is 4.58. The van der Waals surface area contributed by atoms with Crippen molar-refractivity contribution in [1.82, 2.24) is 20.4 Å². The number of carbonyl (C=O) groups excluding carboxylic acids is 1. The summed E-state index contributed by atoms with van der Waals surface area (Å²) in [7, 11) is 0. The molecule has 0 aliphatic carbocycles. The van der Waals surface area contributed by atoms with Gasteiger partial charge in [-0.15, -0.1) is 0 Å². The van der Waals surface area contributed by atoms with E-state index in [-0.39, 0.29) is 5.91 Å². The first kappa shape index (κ1) is 14.8. The summed E-state index contributed by atoms with van der Waals surface area (Å²) < 4.78 is 5.63. The van der Waals surface area contributed by atoms with Gasteiger partial charge in [0.1, 0.15) is 11.5 Å². The van der Waals surface area contributed by atoms with Crippen molar-refractivity contribution in [1.29, 1.82) is 0 Å². The lowest BCUT2D eigenvalue weighted by Gasteiger charge is -2.31. The Morgan fingerprint density at radius 3 is 2.91 bits per heavy atom. The minimum atomic E-state index is -0.0535. The first-order chi connectivity index (χ1) is 10.7. The highest BCUT2D eigenvalue weighted by Gasteiger charge is 2.20. The molecule has 2 N–H and O–H groups in total. The van der Waals surface area contributed by atoms with Crippen molar-refractivity contribution in [2.45, 2.75) is 26.3 Å². The molecule has 0 aromatic carbocycles. The molecule has 1 amide bonds. The molecular weight excluding hydrogens is 280 g/mol. The van der Waals surface area contributed by atoms with Crippen LogP contribution in [0.2, 0.25) is 0 Å². The Morgan fingerprint density at radius 1 is 1.45 bits per heavy atom. The molecule has 1 saturated heterocycles. The maximum atomic E-state index is 11.9. The SMILES string of the molecule is Cc1ccc(CN2CCC(CNC(=O)c3cn[nH]c3)CC2)o1. The lowest BCUT2D eigenvalue weighted by atomic mass is 9.96. The van der Waals surface area contributed by atoms with Crippen LogP contribution in [-0.4, -0.2) is 40.6 Å². The van der Waals surface area contributed by atoms with Gasteiger partial charge >= 0.3 is 0 Å². The summed E-state index contributed by atoms with van der Waals surface area (Å²) >= 11 is 0. The van der Waals surface area contributed by atoms with E-state index in [1.54, 1.807) is 12.4 Å². The van der Waals surface area contributed by atoms with Gasteiger partial charge in [-0.1, -0.05) is 0 Å². The maximum absolute atomic E-state index is 11.9. The number of likely N-dealkylation sites (tertiary alicyclic amines) is 1. The Balaban J connectivity index is 1.39. The van der Waals surface area contributed by atoms with Crippen molar-refractivity contribution in [2.75, 3.05) is 19.6 Å². The number of hydrogen-bond acceptors (Lipinski definition) is 4. The lowest BCUT2D eigenvalue weighted by molar-refractivity contribution is 0.0934. The van der Waals surface area contributed by atoms with Crippen molar-refractivity contribution < 1.29 is 9.21 Å². The molecule has 1 aliphatic rings. The highest BCUT2D eigenvalue weighted by atomic mass is 16.3. The normalized spacial score (nSPS) is 16.8. The molecule has 0 spiro atoms. The van der Waals surface area contributed by atoms with Crippen LogP contribution in [0.25, 0.3) is 0 Å². The zero-order valence-electron chi connectivity index (χ0n) is 12.8. The van der Waals surface area contributed by atoms with Gasteiger partial charge in [0, 0.05) is 12.7 Å². The number of rotatable bonds is 5. The van der Waals surface area contributed by atoms with Gasteiger partial charge in [-0.25, -0.2) is 0 Å². The second-order valence-electron chi connectivity index (χ2n) is 5.93. The van der Waals surface area contributed by atoms with Gasteiger partial charge in [0.2, 0.25) is 0 Å². The predicted octanol–water partition coefficient (Wildman–Crippen LogP) is 1.95. The molecule has 6 heteroatoms. The van der Waals surface area contributed by atoms with Crippen molar-refractivity contribution in [3.8, 4) is 0 Å². The number of nitrogens with one attached hydrogen (secondary N) is 2. The van der Waals surface area contributed by atoms with E-state index in [0.717, 1.165) is 50.5 Å². The van der Waals surface area contributed by atoms with Crippen molar-refractivity contribution in [3.63, 3.8) is 0 Å². The molecule has 0 saturated carbocycles. The lowest BCUT2D eigenvalue weighted by Crippen LogP contribution is -2.38. The fraction of sp³-hybridized carbons (Fsp3) is 0.500. The number of piperidine rings is 1. The van der Waals surface area contributed by atoms with Crippen LogP contribution in [0.3, 0.4) is 0 Å². The Bertz CT molecular complexity index is 597. The van der Waals surface area contributed by atoms with Crippen LogP contribution < -0.4 is 5.32 Å². The van der Waals surface area contributed by atoms with E-state index in [1.165, 1.54) is 0 Å². The van der Waals surface area contributed by atoms with Crippen molar-refractivity contribution in [3.05, 3.63) is 41.6 Å². The molecular formula is C16H22N4O2. The van der Waals surface area contributed by atoms with E-state index in [1.807, 2.05) is 19.1 Å². The molecule has 6 nitrogen and oxygen atoms in total. The number of amides is 1. The van der Waals surface area contributed by atoms with Crippen LogP contribution in [0.5, 0.6) is 0 Å². The fourth-order valence-electron chi connectivity index (χ4n) is 2.85. The molecule has 0 atom stereocenters. The molecule has 1 fully saturated rings. The highest BCUT2D eigenvalue weighted by Crippen LogP contribution is 2.19. The van der Waals surface area contributed by atoms with Gasteiger partial charge in [-0.3, -0.25) is 14.8 Å². The number of aromatic amines is 1. The number of nitrogens with zero attached hydrogens (tertiary/aromatic N) is 2. The molecule has 22 heavy (non-hydrogen) atoms. The van der Waals surface area contributed by atoms with Crippen LogP contribution >= 0.6 is 0 Å². The van der Waals surface area contributed by atoms with E-state index in [4.69, 9.17) is 4.42 Å². The second-order valence-corrected chi connectivity index (χ2v) is 5.93. The summed E-state index contributed by atoms with van der Waals surface area (Å²) in [5, 5.41) is 9.43. The molecule has 3 heterocycles. The van der Waals surface area contributed by atoms with Crippen LogP contribution in [-0.2, 0) is 6.54 Å². The summed E-state index contributed by atoms with van der Waals surface area (Å²) in [5.41, 5.74) is 0.589. The molecule has 0 radical (unpaired) electrons. The number of aromatic nitrogens is 2. The van der Waals surface area contributed by atoms with Crippen LogP contribution in [0.4, 0.5) is 0 Å². The molecule has 118 valence electrons. The summed E-state index contributed by atoms with van der Waals surface area (Å²) in [6.07, 6.45) is 5.36. The standard InChI is InChI=1S/C16H22N4O2/c1-12-2-3-15(22-12)11-20-6-4-13(5-7-20)8-17-16(21)14-9-18-19-10-14/h2-3,9-10,13H,4-8,11H2,1H3,(H,17,21)(H,18,19). The van der Waals surface area contributed by atoms with Gasteiger partial charge in [-0.05, 0) is 50.9 Å². The van der Waals surface area contributed by atoms with E-state index >= 15 is 0 Å². The molecule has 3 rings (SSSR count). The Morgan fingerprint density at radius 2 is 2.27 bits per heavy atom. The van der Waals surface area contributed by atoms with Crippen molar-refractivity contribution >= 4 is 5.91 Å². The van der Waals surface area contributed by atoms with Crippen LogP contribution in [0.1, 0.15) is 34.7 Å². The van der Waals surface area contributed by atoms with Crippen molar-refractivity contribution in [2.24, 2.45) is 5.92 Å². The number of aryl methyl sites for hydroxylation is 1. The van der Waals surface area contributed by atoms with Gasteiger partial charge in [-0.2, -0.15) is 5.10 Å². The predicted molar refractivity (Wildman–Crippen MR) is 82.4 cm³/mol. The monoisotopic (exact) mass is 302 g/mol. The van der Waals surface area contributed by atoms with Gasteiger partial charge < -0.3 is 9.73 Å². The molecule has 2 aromatic rings. The molecule has 0 bridgehead atoms. The number of hydrogen-bond donors (Lipinski definition) is 2. The summed E-state index contributed by atoms with van der Waals surface area (Å²) in [6, 6.07) is 4.06. The summed E-state index contributed by atoms with van der Waals surface area (Å²) in [6.45, 7) is 5.68. The largest absolute Gasteiger partial charge is 0.465 e. The smallest absolute Gasteiger partial charge is 0.254 e. The van der Waals surface area contributed by atoms with E-state index in [9.17, 15) is 4.79 Å². The van der Waals surface area contributed by atoms with Gasteiger partial charge in [0.25, 0.3) is 5.91 Å². The topological polar surface area (TPSA) is 74.2 Å².